The Hall–Kier alpha value is -3.87. The van der Waals surface area contributed by atoms with Gasteiger partial charge in [-0.25, -0.2) is 19.0 Å². The zero-order valence-electron chi connectivity index (χ0n) is 17.3. The summed E-state index contributed by atoms with van der Waals surface area (Å²) in [6.07, 6.45) is 1.40. The largest absolute Gasteiger partial charge is 0.268 e. The lowest BCUT2D eigenvalue weighted by atomic mass is 10.0. The van der Waals surface area contributed by atoms with Gasteiger partial charge in [-0.1, -0.05) is 32.0 Å². The summed E-state index contributed by atoms with van der Waals surface area (Å²) in [4.78, 5) is 32.0. The van der Waals surface area contributed by atoms with Crippen molar-refractivity contribution in [2.24, 2.45) is 0 Å². The van der Waals surface area contributed by atoms with Crippen LogP contribution in [0.4, 0.5) is 10.1 Å². The molecule has 0 aliphatic carbocycles. The highest BCUT2D eigenvalue weighted by Crippen LogP contribution is 2.35. The molecule has 0 fully saturated rings. The number of carbonyl (C=O) groups is 2. The van der Waals surface area contributed by atoms with E-state index in [4.69, 9.17) is 0 Å². The highest BCUT2D eigenvalue weighted by atomic mass is 19.1. The van der Waals surface area contributed by atoms with Crippen LogP contribution in [-0.2, 0) is 0 Å². The van der Waals surface area contributed by atoms with Crippen molar-refractivity contribution in [3.05, 3.63) is 82.9 Å². The Morgan fingerprint density at radius 2 is 1.71 bits per heavy atom. The van der Waals surface area contributed by atoms with Crippen molar-refractivity contribution >= 4 is 28.5 Å². The molecule has 0 radical (unpaired) electrons. The maximum Gasteiger partial charge on any atom is 0.267 e. The topological polar surface area (TPSA) is 68.1 Å². The zero-order valence-corrected chi connectivity index (χ0v) is 17.3. The minimum Gasteiger partial charge on any atom is -0.268 e. The van der Waals surface area contributed by atoms with E-state index in [1.807, 2.05) is 12.1 Å². The molecule has 7 heteroatoms. The third kappa shape index (κ3) is 2.84. The van der Waals surface area contributed by atoms with Gasteiger partial charge in [0, 0.05) is 6.20 Å². The van der Waals surface area contributed by atoms with Crippen molar-refractivity contribution in [1.82, 2.24) is 14.8 Å². The molecule has 1 aliphatic rings. The van der Waals surface area contributed by atoms with Crippen LogP contribution in [0.5, 0.6) is 0 Å². The van der Waals surface area contributed by atoms with Crippen LogP contribution in [-0.4, -0.2) is 26.6 Å². The molecule has 0 spiro atoms. The number of fused-ring (bicyclic) bond motifs is 3. The molecule has 3 heterocycles. The maximum absolute atomic E-state index is 13.7. The fourth-order valence-electron chi connectivity index (χ4n) is 3.99. The van der Waals surface area contributed by atoms with Gasteiger partial charge in [0.05, 0.1) is 33.6 Å². The van der Waals surface area contributed by atoms with Crippen LogP contribution >= 0.6 is 0 Å². The standard InChI is InChI=1S/C24H19FN4O2/c1-13(2)15-7-9-17(10-8-15)28-23(30)19-12-26-22-20(21(19)24(28)31)14(3)27-29(22)18-6-4-5-16(25)11-18/h4-13H,1-3H3. The Bertz CT molecular complexity index is 1370. The molecule has 0 bridgehead atoms. The van der Waals surface area contributed by atoms with E-state index in [9.17, 15) is 14.0 Å². The van der Waals surface area contributed by atoms with Crippen molar-refractivity contribution in [2.75, 3.05) is 4.90 Å². The van der Waals surface area contributed by atoms with Gasteiger partial charge in [-0.05, 0) is 48.7 Å². The molecule has 154 valence electrons. The first kappa shape index (κ1) is 19.1. The summed E-state index contributed by atoms with van der Waals surface area (Å²) in [5.74, 6) is -0.880. The van der Waals surface area contributed by atoms with Gasteiger partial charge in [-0.2, -0.15) is 5.10 Å². The molecule has 5 rings (SSSR count). The van der Waals surface area contributed by atoms with E-state index in [1.165, 1.54) is 27.9 Å². The van der Waals surface area contributed by atoms with Crippen LogP contribution in [0, 0.1) is 12.7 Å². The van der Waals surface area contributed by atoms with Crippen molar-refractivity contribution in [3.8, 4) is 5.69 Å². The quantitative estimate of drug-likeness (QED) is 0.452. The molecule has 6 nitrogen and oxygen atoms in total. The number of imide groups is 1. The van der Waals surface area contributed by atoms with E-state index in [0.29, 0.717) is 34.0 Å². The predicted molar refractivity (Wildman–Crippen MR) is 115 cm³/mol. The van der Waals surface area contributed by atoms with E-state index in [-0.39, 0.29) is 11.1 Å². The van der Waals surface area contributed by atoms with E-state index >= 15 is 0 Å². The van der Waals surface area contributed by atoms with Crippen LogP contribution in [0.2, 0.25) is 0 Å². The molecule has 0 N–H and O–H groups in total. The first-order valence-corrected chi connectivity index (χ1v) is 10.00. The van der Waals surface area contributed by atoms with Gasteiger partial charge in [0.25, 0.3) is 11.8 Å². The molecule has 0 saturated heterocycles. The fourth-order valence-corrected chi connectivity index (χ4v) is 3.99. The van der Waals surface area contributed by atoms with Gasteiger partial charge in [-0.3, -0.25) is 9.59 Å². The Labute approximate surface area is 177 Å². The molecule has 1 aliphatic heterocycles. The van der Waals surface area contributed by atoms with Crippen molar-refractivity contribution in [3.63, 3.8) is 0 Å². The normalized spacial score (nSPS) is 13.5. The van der Waals surface area contributed by atoms with Gasteiger partial charge in [0.1, 0.15) is 5.82 Å². The van der Waals surface area contributed by atoms with E-state index < -0.39 is 17.6 Å². The second kappa shape index (κ2) is 6.84. The fraction of sp³-hybridized carbons (Fsp3) is 0.167. The molecule has 4 aromatic rings. The van der Waals surface area contributed by atoms with Gasteiger partial charge in [0.2, 0.25) is 0 Å². The lowest BCUT2D eigenvalue weighted by molar-refractivity contribution is 0.0926. The number of benzene rings is 2. The first-order valence-electron chi connectivity index (χ1n) is 10.00. The molecule has 2 aromatic carbocycles. The molecular formula is C24H19FN4O2. The summed E-state index contributed by atoms with van der Waals surface area (Å²) in [5.41, 5.74) is 3.59. The average molecular weight is 414 g/mol. The SMILES string of the molecule is Cc1nn(-c2cccc(F)c2)c2ncc3c(c12)C(=O)N(c1ccc(C(C)C)cc1)C3=O. The van der Waals surface area contributed by atoms with Gasteiger partial charge >= 0.3 is 0 Å². The number of aryl methyl sites for hydroxylation is 1. The summed E-state index contributed by atoms with van der Waals surface area (Å²) in [6, 6.07) is 13.4. The number of nitrogens with zero attached hydrogens (tertiary/aromatic N) is 4. The molecule has 2 aromatic heterocycles. The number of amides is 2. The summed E-state index contributed by atoms with van der Waals surface area (Å²) in [5, 5.41) is 4.97. The van der Waals surface area contributed by atoms with Crippen molar-refractivity contribution in [2.45, 2.75) is 26.7 Å². The molecule has 0 atom stereocenters. The Kier molecular flexibility index (Phi) is 4.22. The first-order chi connectivity index (χ1) is 14.9. The van der Waals surface area contributed by atoms with Crippen molar-refractivity contribution < 1.29 is 14.0 Å². The highest BCUT2D eigenvalue weighted by molar-refractivity contribution is 6.37. The van der Waals surface area contributed by atoms with Gasteiger partial charge < -0.3 is 0 Å². The Morgan fingerprint density at radius 1 is 0.968 bits per heavy atom. The van der Waals surface area contributed by atoms with E-state index in [1.54, 1.807) is 31.2 Å². The van der Waals surface area contributed by atoms with Crippen LogP contribution in [0.25, 0.3) is 16.7 Å². The number of aromatic nitrogens is 3. The maximum atomic E-state index is 13.7. The zero-order chi connectivity index (χ0) is 21.9. The smallest absolute Gasteiger partial charge is 0.267 e. The molecule has 0 unspecified atom stereocenters. The number of carbonyl (C=O) groups excluding carboxylic acids is 2. The summed E-state index contributed by atoms with van der Waals surface area (Å²) < 4.78 is 15.2. The third-order valence-electron chi connectivity index (χ3n) is 5.59. The molecule has 31 heavy (non-hydrogen) atoms. The minimum absolute atomic E-state index is 0.243. The number of pyridine rings is 1. The van der Waals surface area contributed by atoms with Crippen LogP contribution < -0.4 is 4.90 Å². The van der Waals surface area contributed by atoms with Crippen LogP contribution in [0.15, 0.2) is 54.7 Å². The Morgan fingerprint density at radius 3 is 2.39 bits per heavy atom. The minimum atomic E-state index is -0.412. The lowest BCUT2D eigenvalue weighted by Gasteiger charge is -2.15. The summed E-state index contributed by atoms with van der Waals surface area (Å²) >= 11 is 0. The molecule has 2 amide bonds. The van der Waals surface area contributed by atoms with Crippen molar-refractivity contribution in [1.29, 1.82) is 0 Å². The van der Waals surface area contributed by atoms with Crippen LogP contribution in [0.3, 0.4) is 0 Å². The monoisotopic (exact) mass is 414 g/mol. The predicted octanol–water partition coefficient (Wildman–Crippen LogP) is 4.79. The summed E-state index contributed by atoms with van der Waals surface area (Å²) in [7, 11) is 0. The lowest BCUT2D eigenvalue weighted by Crippen LogP contribution is -2.29. The molecular weight excluding hydrogens is 395 g/mol. The number of anilines is 1. The number of rotatable bonds is 3. The van der Waals surface area contributed by atoms with Crippen LogP contribution in [0.1, 0.15) is 51.7 Å². The third-order valence-corrected chi connectivity index (χ3v) is 5.59. The number of hydrogen-bond acceptors (Lipinski definition) is 4. The molecule has 0 saturated carbocycles. The van der Waals surface area contributed by atoms with E-state index in [2.05, 4.69) is 23.9 Å². The van der Waals surface area contributed by atoms with Gasteiger partial charge in [0.15, 0.2) is 5.65 Å². The number of halogens is 1. The van der Waals surface area contributed by atoms with Gasteiger partial charge in [-0.15, -0.1) is 0 Å². The van der Waals surface area contributed by atoms with E-state index in [0.717, 1.165) is 5.56 Å². The second-order valence-corrected chi connectivity index (χ2v) is 7.91. The number of hydrogen-bond donors (Lipinski definition) is 0. The Balaban J connectivity index is 1.65. The highest BCUT2D eigenvalue weighted by Gasteiger charge is 2.40. The second-order valence-electron chi connectivity index (χ2n) is 7.91. The average Bonchev–Trinajstić information content (AvgIpc) is 3.22. The summed E-state index contributed by atoms with van der Waals surface area (Å²) in [6.45, 7) is 5.91.